The number of halogens is 1. The van der Waals surface area contributed by atoms with Crippen molar-refractivity contribution in [1.82, 2.24) is 10.4 Å². The molecule has 3 nitrogen and oxygen atoms in total. The fourth-order valence-corrected chi connectivity index (χ4v) is 2.95. The summed E-state index contributed by atoms with van der Waals surface area (Å²) < 4.78 is 0. The molecule has 1 unspecified atom stereocenters. The van der Waals surface area contributed by atoms with Crippen LogP contribution >= 0.6 is 11.6 Å². The van der Waals surface area contributed by atoms with Crippen molar-refractivity contribution in [2.45, 2.75) is 25.3 Å². The summed E-state index contributed by atoms with van der Waals surface area (Å²) in [4.78, 5) is 4.76. The van der Waals surface area contributed by atoms with E-state index >= 15 is 0 Å². The third-order valence-electron chi connectivity index (χ3n) is 3.99. The Morgan fingerprint density at radius 2 is 2.15 bits per heavy atom. The van der Waals surface area contributed by atoms with Crippen LogP contribution in [0, 0.1) is 5.92 Å². The molecule has 20 heavy (non-hydrogen) atoms. The number of rotatable bonds is 2. The predicted octanol–water partition coefficient (Wildman–Crippen LogP) is 3.40. The summed E-state index contributed by atoms with van der Waals surface area (Å²) in [5.41, 5.74) is 5.59. The van der Waals surface area contributed by atoms with Gasteiger partial charge in [-0.25, -0.2) is 15.4 Å². The van der Waals surface area contributed by atoms with Gasteiger partial charge in [0.05, 0.1) is 11.8 Å². The van der Waals surface area contributed by atoms with E-state index < -0.39 is 0 Å². The quantitative estimate of drug-likeness (QED) is 0.788. The first kappa shape index (κ1) is 12.2. The Morgan fingerprint density at radius 3 is 3.00 bits per heavy atom. The van der Waals surface area contributed by atoms with E-state index in [0.29, 0.717) is 11.2 Å². The van der Waals surface area contributed by atoms with Crippen LogP contribution in [0.4, 0.5) is 0 Å². The number of nitrogens with one attached hydrogen (secondary N) is 1. The predicted molar refractivity (Wildman–Crippen MR) is 81.9 cm³/mol. The fraction of sp³-hybridized carbons (Fsp3) is 0.312. The van der Waals surface area contributed by atoms with Gasteiger partial charge in [0.2, 0.25) is 0 Å². The lowest BCUT2D eigenvalue weighted by molar-refractivity contribution is 0.317. The van der Waals surface area contributed by atoms with Crippen LogP contribution in [-0.2, 0) is 0 Å². The lowest BCUT2D eigenvalue weighted by Crippen LogP contribution is -2.37. The molecule has 2 heterocycles. The highest BCUT2D eigenvalue weighted by Gasteiger charge is 2.37. The van der Waals surface area contributed by atoms with Crippen LogP contribution in [0.2, 0.25) is 0 Å². The molecule has 4 aliphatic rings. The maximum atomic E-state index is 6.40. The third-order valence-corrected chi connectivity index (χ3v) is 4.27. The van der Waals surface area contributed by atoms with Crippen molar-refractivity contribution in [3.8, 4) is 0 Å². The number of hydrogen-bond donors (Lipinski definition) is 1. The number of aliphatic imine (C=N–C) groups is 1. The molecule has 0 bridgehead atoms. The topological polar surface area (TPSA) is 27.6 Å². The smallest absolute Gasteiger partial charge is 0.146 e. The van der Waals surface area contributed by atoms with Gasteiger partial charge in [-0.2, -0.15) is 0 Å². The Balaban J connectivity index is 1.66. The normalized spacial score (nSPS) is 28.4. The molecule has 0 saturated heterocycles. The second kappa shape index (κ2) is 4.76. The highest BCUT2D eigenvalue weighted by Crippen LogP contribution is 2.38. The summed E-state index contributed by atoms with van der Waals surface area (Å²) in [5.74, 6) is 1.68. The first-order valence-corrected chi connectivity index (χ1v) is 7.46. The second-order valence-corrected chi connectivity index (χ2v) is 5.91. The molecule has 0 aromatic heterocycles. The summed E-state index contributed by atoms with van der Waals surface area (Å²) in [7, 11) is 0. The molecule has 1 saturated carbocycles. The van der Waals surface area contributed by atoms with Gasteiger partial charge in [0.25, 0.3) is 0 Å². The van der Waals surface area contributed by atoms with E-state index in [1.54, 1.807) is 0 Å². The Hall–Kier alpha value is -1.58. The van der Waals surface area contributed by atoms with Crippen LogP contribution in [0.15, 0.2) is 64.1 Å². The van der Waals surface area contributed by atoms with Crippen molar-refractivity contribution in [1.29, 1.82) is 0 Å². The molecule has 0 aromatic carbocycles. The minimum absolute atomic E-state index is 0.387. The van der Waals surface area contributed by atoms with E-state index in [0.717, 1.165) is 23.9 Å². The molecule has 1 fully saturated rings. The zero-order valence-corrected chi connectivity index (χ0v) is 11.8. The average Bonchev–Trinajstić information content (AvgIpc) is 3.23. The zero-order chi connectivity index (χ0) is 13.5. The van der Waals surface area contributed by atoms with Gasteiger partial charge in [-0.05, 0) is 36.8 Å². The van der Waals surface area contributed by atoms with Crippen molar-refractivity contribution in [2.75, 3.05) is 0 Å². The molecule has 1 N–H and O–H groups in total. The van der Waals surface area contributed by atoms with Crippen molar-refractivity contribution < 1.29 is 0 Å². The molecule has 4 rings (SSSR count). The molecule has 0 aromatic rings. The van der Waals surface area contributed by atoms with Crippen LogP contribution in [-0.4, -0.2) is 16.8 Å². The third kappa shape index (κ3) is 2.17. The summed E-state index contributed by atoms with van der Waals surface area (Å²) in [6.45, 7) is 0. The van der Waals surface area contributed by atoms with E-state index in [9.17, 15) is 0 Å². The van der Waals surface area contributed by atoms with Gasteiger partial charge in [0.15, 0.2) is 0 Å². The lowest BCUT2D eigenvalue weighted by atomic mass is 10.1. The van der Waals surface area contributed by atoms with Crippen molar-refractivity contribution in [3.63, 3.8) is 0 Å². The van der Waals surface area contributed by atoms with Crippen molar-refractivity contribution >= 4 is 17.3 Å². The van der Waals surface area contributed by atoms with Gasteiger partial charge in [0.1, 0.15) is 11.0 Å². The number of hydrazine groups is 1. The SMILES string of the molecule is ClC1=CC(C2=CC=CC=CC2)=NC2=CC(C3CC3)NN12. The van der Waals surface area contributed by atoms with Crippen LogP contribution in [0.25, 0.3) is 0 Å². The van der Waals surface area contributed by atoms with E-state index in [2.05, 4.69) is 29.7 Å². The molecule has 2 aliphatic heterocycles. The second-order valence-electron chi connectivity index (χ2n) is 5.53. The maximum Gasteiger partial charge on any atom is 0.146 e. The van der Waals surface area contributed by atoms with Gasteiger partial charge in [-0.1, -0.05) is 42.0 Å². The number of nitrogens with zero attached hydrogens (tertiary/aromatic N) is 2. The lowest BCUT2D eigenvalue weighted by Gasteiger charge is -2.24. The van der Waals surface area contributed by atoms with Crippen molar-refractivity contribution in [3.05, 3.63) is 59.1 Å². The summed E-state index contributed by atoms with van der Waals surface area (Å²) in [6.07, 6.45) is 18.0. The van der Waals surface area contributed by atoms with Crippen LogP contribution in [0.5, 0.6) is 0 Å². The van der Waals surface area contributed by atoms with Crippen LogP contribution in [0.3, 0.4) is 0 Å². The Morgan fingerprint density at radius 1 is 1.25 bits per heavy atom. The first-order chi connectivity index (χ1) is 9.81. The molecule has 1 atom stereocenters. The number of hydrogen-bond acceptors (Lipinski definition) is 3. The summed E-state index contributed by atoms with van der Waals surface area (Å²) in [6, 6.07) is 0.387. The maximum absolute atomic E-state index is 6.40. The molecular weight excluding hydrogens is 270 g/mol. The molecular formula is C16H16ClN3. The Labute approximate surface area is 123 Å². The highest BCUT2D eigenvalue weighted by molar-refractivity contribution is 6.32. The van der Waals surface area contributed by atoms with Crippen LogP contribution < -0.4 is 5.43 Å². The monoisotopic (exact) mass is 285 g/mol. The van der Waals surface area contributed by atoms with Crippen molar-refractivity contribution in [2.24, 2.45) is 10.9 Å². The van der Waals surface area contributed by atoms with Gasteiger partial charge < -0.3 is 0 Å². The van der Waals surface area contributed by atoms with E-state index in [4.69, 9.17) is 16.6 Å². The molecule has 102 valence electrons. The summed E-state index contributed by atoms with van der Waals surface area (Å²) in [5, 5.41) is 2.60. The highest BCUT2D eigenvalue weighted by atomic mass is 35.5. The Kier molecular flexibility index (Phi) is 2.90. The van der Waals surface area contributed by atoms with Gasteiger partial charge in [-0.3, -0.25) is 0 Å². The van der Waals surface area contributed by atoms with E-state index in [1.807, 2.05) is 23.2 Å². The fourth-order valence-electron chi connectivity index (χ4n) is 2.71. The van der Waals surface area contributed by atoms with Gasteiger partial charge in [-0.15, -0.1) is 0 Å². The molecule has 0 spiro atoms. The standard InChI is InChI=1S/C16H16ClN3/c17-15-9-13(11-5-3-1-2-4-6-11)18-16-10-14(12-7-8-12)19-20(15)16/h1-5,9-10,12,14,19H,6-8H2. The van der Waals surface area contributed by atoms with E-state index in [1.165, 1.54) is 18.4 Å². The van der Waals surface area contributed by atoms with Gasteiger partial charge in [0, 0.05) is 6.08 Å². The zero-order valence-electron chi connectivity index (χ0n) is 11.1. The molecule has 2 aliphatic carbocycles. The number of fused-ring (bicyclic) bond motifs is 1. The largest absolute Gasteiger partial charge is 0.248 e. The average molecular weight is 286 g/mol. The first-order valence-electron chi connectivity index (χ1n) is 7.08. The molecule has 0 radical (unpaired) electrons. The Bertz CT molecular complexity index is 618. The number of allylic oxidation sites excluding steroid dienone is 7. The van der Waals surface area contributed by atoms with E-state index in [-0.39, 0.29) is 0 Å². The van der Waals surface area contributed by atoms with Gasteiger partial charge >= 0.3 is 0 Å². The summed E-state index contributed by atoms with van der Waals surface area (Å²) >= 11 is 6.40. The molecule has 0 amide bonds. The molecule has 4 heteroatoms. The minimum Gasteiger partial charge on any atom is -0.248 e. The minimum atomic E-state index is 0.387. The van der Waals surface area contributed by atoms with Crippen LogP contribution in [0.1, 0.15) is 19.3 Å².